The number of hydrogen-bond donors (Lipinski definition) is 1. The van der Waals surface area contributed by atoms with Crippen LogP contribution in [0.3, 0.4) is 0 Å². The Balaban J connectivity index is 1.80. The molecule has 2 amide bonds. The molecule has 3 rings (SSSR count). The lowest BCUT2D eigenvalue weighted by Gasteiger charge is -2.27. The van der Waals surface area contributed by atoms with Crippen LogP contribution in [0.2, 0.25) is 0 Å². The molecule has 0 saturated carbocycles. The molecule has 1 aliphatic heterocycles. The Hall–Kier alpha value is -2.08. The van der Waals surface area contributed by atoms with Crippen LogP contribution >= 0.6 is 15.9 Å². The maximum Gasteiger partial charge on any atom is 0.291 e. The molecule has 1 fully saturated rings. The molecular formula is C17H17BrN2O3. The fourth-order valence-corrected chi connectivity index (χ4v) is 2.97. The first-order valence-electron chi connectivity index (χ1n) is 7.60. The number of furan rings is 1. The fraction of sp³-hybridized carbons (Fsp3) is 0.294. The minimum Gasteiger partial charge on any atom is -0.444 e. The first-order valence-corrected chi connectivity index (χ1v) is 8.39. The number of para-hydroxylation sites is 1. The highest BCUT2D eigenvalue weighted by Crippen LogP contribution is 2.21. The highest BCUT2D eigenvalue weighted by molar-refractivity contribution is 9.10. The number of likely N-dealkylation sites (tertiary alicyclic amines) is 1. The highest BCUT2D eigenvalue weighted by atomic mass is 79.9. The second-order valence-corrected chi connectivity index (χ2v) is 6.24. The van der Waals surface area contributed by atoms with E-state index in [9.17, 15) is 9.59 Å². The number of benzene rings is 1. The van der Waals surface area contributed by atoms with Crippen molar-refractivity contribution in [3.8, 4) is 0 Å². The minimum atomic E-state index is -0.380. The molecule has 2 aromatic rings. The number of amides is 2. The molecule has 6 heteroatoms. The Morgan fingerprint density at radius 3 is 2.48 bits per heavy atom. The molecule has 120 valence electrons. The predicted molar refractivity (Wildman–Crippen MR) is 90.6 cm³/mol. The van der Waals surface area contributed by atoms with Crippen LogP contribution in [0.5, 0.6) is 0 Å². The molecule has 0 atom stereocenters. The van der Waals surface area contributed by atoms with Crippen molar-refractivity contribution in [1.29, 1.82) is 0 Å². The lowest BCUT2D eigenvalue weighted by molar-refractivity contribution is 0.0725. The van der Waals surface area contributed by atoms with Crippen LogP contribution in [-0.2, 0) is 0 Å². The summed E-state index contributed by atoms with van der Waals surface area (Å²) in [6, 6.07) is 10.3. The topological polar surface area (TPSA) is 62.6 Å². The number of rotatable bonds is 3. The van der Waals surface area contributed by atoms with Gasteiger partial charge in [-0.3, -0.25) is 9.59 Å². The van der Waals surface area contributed by atoms with Gasteiger partial charge >= 0.3 is 0 Å². The normalized spacial score (nSPS) is 14.6. The van der Waals surface area contributed by atoms with Crippen LogP contribution in [0, 0.1) is 0 Å². The maximum absolute atomic E-state index is 12.7. The predicted octanol–water partition coefficient (Wildman–Crippen LogP) is 3.92. The molecule has 1 aromatic heterocycles. The molecule has 5 nitrogen and oxygen atoms in total. The Kier molecular flexibility index (Phi) is 4.81. The van der Waals surface area contributed by atoms with E-state index in [2.05, 4.69) is 21.2 Å². The Labute approximate surface area is 142 Å². The summed E-state index contributed by atoms with van der Waals surface area (Å²) in [6.45, 7) is 1.54. The summed E-state index contributed by atoms with van der Waals surface area (Å²) in [5, 5.41) is 2.76. The third kappa shape index (κ3) is 3.64. The zero-order valence-corrected chi connectivity index (χ0v) is 14.1. The first-order chi connectivity index (χ1) is 11.1. The van der Waals surface area contributed by atoms with Crippen LogP contribution in [0.4, 0.5) is 5.69 Å². The van der Waals surface area contributed by atoms with Crippen molar-refractivity contribution in [1.82, 2.24) is 4.90 Å². The summed E-state index contributed by atoms with van der Waals surface area (Å²) in [5.41, 5.74) is 1.01. The molecule has 0 spiro atoms. The van der Waals surface area contributed by atoms with Crippen LogP contribution in [0.1, 0.15) is 40.2 Å². The van der Waals surface area contributed by atoms with Gasteiger partial charge in [-0.05, 0) is 59.5 Å². The summed E-state index contributed by atoms with van der Waals surface area (Å²) >= 11 is 3.17. The highest BCUT2D eigenvalue weighted by Gasteiger charge is 2.22. The number of halogens is 1. The lowest BCUT2D eigenvalue weighted by atomic mass is 10.1. The van der Waals surface area contributed by atoms with Gasteiger partial charge in [-0.25, -0.2) is 0 Å². The van der Waals surface area contributed by atoms with Gasteiger partial charge in [0.25, 0.3) is 11.8 Å². The van der Waals surface area contributed by atoms with E-state index in [-0.39, 0.29) is 17.6 Å². The Morgan fingerprint density at radius 2 is 1.78 bits per heavy atom. The molecule has 1 saturated heterocycles. The van der Waals surface area contributed by atoms with Gasteiger partial charge in [-0.2, -0.15) is 0 Å². The van der Waals surface area contributed by atoms with Crippen LogP contribution in [0.15, 0.2) is 45.5 Å². The van der Waals surface area contributed by atoms with Crippen molar-refractivity contribution in [2.75, 3.05) is 18.4 Å². The Bertz CT molecular complexity index is 720. The molecule has 2 heterocycles. The van der Waals surface area contributed by atoms with E-state index in [4.69, 9.17) is 4.42 Å². The third-order valence-corrected chi connectivity index (χ3v) is 4.27. The van der Waals surface area contributed by atoms with Crippen molar-refractivity contribution < 1.29 is 14.0 Å². The quantitative estimate of drug-likeness (QED) is 0.882. The lowest BCUT2D eigenvalue weighted by Crippen LogP contribution is -2.36. The van der Waals surface area contributed by atoms with Gasteiger partial charge in [0.05, 0.1) is 11.3 Å². The van der Waals surface area contributed by atoms with E-state index in [1.54, 1.807) is 36.4 Å². The average molecular weight is 377 g/mol. The number of carbonyl (C=O) groups excluding carboxylic acids is 2. The van der Waals surface area contributed by atoms with Crippen molar-refractivity contribution in [3.05, 3.63) is 52.4 Å². The van der Waals surface area contributed by atoms with Crippen LogP contribution in [0.25, 0.3) is 0 Å². The van der Waals surface area contributed by atoms with Gasteiger partial charge in [-0.15, -0.1) is 0 Å². The number of nitrogens with one attached hydrogen (secondary N) is 1. The van der Waals surface area contributed by atoms with Gasteiger partial charge in [0.2, 0.25) is 0 Å². The molecule has 1 aromatic carbocycles. The van der Waals surface area contributed by atoms with E-state index in [0.717, 1.165) is 32.4 Å². The minimum absolute atomic E-state index is 0.0405. The summed E-state index contributed by atoms with van der Waals surface area (Å²) in [4.78, 5) is 26.8. The average Bonchev–Trinajstić information content (AvgIpc) is 3.02. The summed E-state index contributed by atoms with van der Waals surface area (Å²) in [6.07, 6.45) is 3.22. The smallest absolute Gasteiger partial charge is 0.291 e. The summed E-state index contributed by atoms with van der Waals surface area (Å²) in [7, 11) is 0. The second-order valence-electron chi connectivity index (χ2n) is 5.46. The van der Waals surface area contributed by atoms with Crippen molar-refractivity contribution in [2.45, 2.75) is 19.3 Å². The molecule has 1 aliphatic rings. The second kappa shape index (κ2) is 7.00. The number of hydrogen-bond acceptors (Lipinski definition) is 3. The molecule has 0 radical (unpaired) electrons. The van der Waals surface area contributed by atoms with Crippen molar-refractivity contribution in [2.24, 2.45) is 0 Å². The van der Waals surface area contributed by atoms with E-state index in [1.807, 2.05) is 4.90 Å². The molecular weight excluding hydrogens is 360 g/mol. The fourth-order valence-electron chi connectivity index (χ4n) is 2.67. The number of anilines is 1. The molecule has 0 bridgehead atoms. The molecule has 0 unspecified atom stereocenters. The summed E-state index contributed by atoms with van der Waals surface area (Å²) < 4.78 is 5.73. The van der Waals surface area contributed by atoms with Crippen LogP contribution in [-0.4, -0.2) is 29.8 Å². The van der Waals surface area contributed by atoms with Crippen molar-refractivity contribution >= 4 is 33.4 Å². The maximum atomic E-state index is 12.7. The van der Waals surface area contributed by atoms with E-state index in [0.29, 0.717) is 15.9 Å². The molecule has 0 aliphatic carbocycles. The van der Waals surface area contributed by atoms with E-state index < -0.39 is 0 Å². The molecule has 1 N–H and O–H groups in total. The number of carbonyl (C=O) groups is 2. The Morgan fingerprint density at radius 1 is 1.04 bits per heavy atom. The SMILES string of the molecule is O=C(Nc1ccccc1C(=O)N1CCCCC1)c1ccc(Br)o1. The van der Waals surface area contributed by atoms with Crippen LogP contribution < -0.4 is 5.32 Å². The largest absolute Gasteiger partial charge is 0.444 e. The van der Waals surface area contributed by atoms with Crippen molar-refractivity contribution in [3.63, 3.8) is 0 Å². The van der Waals surface area contributed by atoms with Gasteiger partial charge in [-0.1, -0.05) is 12.1 Å². The summed E-state index contributed by atoms with van der Waals surface area (Å²) in [5.74, 6) is -0.229. The van der Waals surface area contributed by atoms with E-state index >= 15 is 0 Å². The number of nitrogens with zero attached hydrogens (tertiary/aromatic N) is 1. The monoisotopic (exact) mass is 376 g/mol. The zero-order valence-electron chi connectivity index (χ0n) is 12.5. The standard InChI is InChI=1S/C17H17BrN2O3/c18-15-9-8-14(23-15)16(21)19-13-7-3-2-6-12(13)17(22)20-10-4-1-5-11-20/h2-3,6-9H,1,4-5,10-11H2,(H,19,21). The first kappa shape index (κ1) is 15.8. The van der Waals surface area contributed by atoms with Gasteiger partial charge in [0.1, 0.15) is 0 Å². The van der Waals surface area contributed by atoms with Gasteiger partial charge in [0, 0.05) is 13.1 Å². The third-order valence-electron chi connectivity index (χ3n) is 3.85. The molecule has 23 heavy (non-hydrogen) atoms. The van der Waals surface area contributed by atoms with Gasteiger partial charge < -0.3 is 14.6 Å². The van der Waals surface area contributed by atoms with E-state index in [1.165, 1.54) is 0 Å². The number of piperidine rings is 1. The van der Waals surface area contributed by atoms with Gasteiger partial charge in [0.15, 0.2) is 10.4 Å². The zero-order chi connectivity index (χ0) is 16.2.